The van der Waals surface area contributed by atoms with E-state index in [0.717, 1.165) is 237 Å². The van der Waals surface area contributed by atoms with Crippen molar-refractivity contribution in [1.29, 1.82) is 5.26 Å². The summed E-state index contributed by atoms with van der Waals surface area (Å²) in [6.07, 6.45) is 42.1. The minimum Gasteiger partial charge on any atom is -0.466 e. The molecule has 4 nitrogen and oxygen atoms in total. The van der Waals surface area contributed by atoms with E-state index in [9.17, 15) is 4.79 Å². The highest BCUT2D eigenvalue weighted by atomic mass is 35.5. The number of halogens is 1. The Morgan fingerprint density at radius 2 is 0.762 bits per heavy atom. The first-order valence-corrected chi connectivity index (χ1v) is 48.1. The Kier molecular flexibility index (Phi) is 24.1. The van der Waals surface area contributed by atoms with Crippen LogP contribution in [0, 0.1) is 301 Å². The fourth-order valence-corrected chi connectivity index (χ4v) is 36.0. The molecule has 22 saturated carbocycles. The highest BCUT2D eigenvalue weighted by molar-refractivity contribution is 6.21. The van der Waals surface area contributed by atoms with E-state index in [1.807, 2.05) is 0 Å². The molecule has 5 heteroatoms. The van der Waals surface area contributed by atoms with E-state index in [1.165, 1.54) is 113 Å². The lowest BCUT2D eigenvalue weighted by Gasteiger charge is -2.41. The van der Waals surface area contributed by atoms with Gasteiger partial charge in [0, 0.05) is 24.8 Å². The number of hydrogen-bond donors (Lipinski definition) is 1. The number of rotatable bonds is 3. The van der Waals surface area contributed by atoms with E-state index in [2.05, 4.69) is 143 Å². The van der Waals surface area contributed by atoms with E-state index >= 15 is 0 Å². The van der Waals surface area contributed by atoms with Crippen molar-refractivity contribution in [3.05, 3.63) is 12.2 Å². The summed E-state index contributed by atoms with van der Waals surface area (Å²) in [5, 5.41) is 18.4. The molecule has 23 aliphatic carbocycles. The van der Waals surface area contributed by atoms with Gasteiger partial charge in [-0.15, -0.1) is 11.6 Å². The lowest BCUT2D eigenvalue weighted by Crippen LogP contribution is -2.35. The van der Waals surface area contributed by atoms with Crippen molar-refractivity contribution in [2.75, 3.05) is 13.2 Å². The number of nitriles is 1. The standard InChI is InChI=1S/C14H22.C12H20O2.2C12H20.C12H18.C10H15N.C10H18O.C9H15Cl.C9H16/c1-7-8(2)12-6-11(7)13-9-3-4-10(5-9)14(12)13;1-7-8(2)12-5-10(7)4-11(12)6-14-9(3)13;1-7-5-11-9-3-4-10(6-9)12(11)8(7)2;2*1-7-8(2)12-6-11(7)9-4-3-5-10(9)12;2*1-6-7(2)10-4-8(6)3-9(10)5-11;1-5-6(2)8-3-7(5)4-9(8)10;1-6-7(2)9-4-3-8(6)5-9/h7-14H,3-6H2,1-2H3;7-8,10-12H,4-6H2,1-3H3;2*7-12H,3-6H2,1-2H3;3-4,7-12H,5-6H2,1-2H3;6-10H,3-4H2,1-2H3;6-11H,3-5H2,1-2H3;5-9H,3-4H2,1-2H3;6-9H,3-5H2,1-2H3. The Bertz CT molecular complexity index is 2900. The van der Waals surface area contributed by atoms with Gasteiger partial charge in [-0.25, -0.2) is 0 Å². The van der Waals surface area contributed by atoms with Gasteiger partial charge in [-0.1, -0.05) is 143 Å². The topological polar surface area (TPSA) is 70.3 Å². The highest BCUT2D eigenvalue weighted by Crippen LogP contribution is 2.71. The van der Waals surface area contributed by atoms with Crippen molar-refractivity contribution >= 4 is 17.6 Å². The number of aliphatic hydroxyl groups is 1. The van der Waals surface area contributed by atoms with Crippen LogP contribution in [-0.4, -0.2) is 29.7 Å². The van der Waals surface area contributed by atoms with Crippen LogP contribution in [0.5, 0.6) is 0 Å². The van der Waals surface area contributed by atoms with Crippen LogP contribution in [0.4, 0.5) is 0 Å². The Morgan fingerprint density at radius 1 is 0.362 bits per heavy atom. The zero-order valence-corrected chi connectivity index (χ0v) is 72.0. The summed E-state index contributed by atoms with van der Waals surface area (Å²) in [5.74, 6) is 48.6. The predicted molar refractivity (Wildman–Crippen MR) is 437 cm³/mol. The average molecular weight is 1460 g/mol. The second-order valence-corrected chi connectivity index (χ2v) is 46.0. The fraction of sp³-hybridized carbons (Fsp3) is 0.960. The molecule has 0 aliphatic heterocycles. The fourth-order valence-electron chi connectivity index (χ4n) is 35.4. The molecule has 0 spiro atoms. The second kappa shape index (κ2) is 32.0. The molecule has 50 unspecified atom stereocenters. The van der Waals surface area contributed by atoms with Crippen LogP contribution in [-0.2, 0) is 9.53 Å². The highest BCUT2D eigenvalue weighted by Gasteiger charge is 2.64. The average Bonchev–Trinajstić information content (AvgIpc) is 1.54. The summed E-state index contributed by atoms with van der Waals surface area (Å²) in [5.41, 5.74) is 0. The smallest absolute Gasteiger partial charge is 0.302 e. The lowest BCUT2D eigenvalue weighted by molar-refractivity contribution is -0.143. The van der Waals surface area contributed by atoms with Crippen molar-refractivity contribution in [2.45, 2.75) is 297 Å². The maximum atomic E-state index is 10.7. The van der Waals surface area contributed by atoms with Gasteiger partial charge in [0.05, 0.1) is 12.7 Å². The second-order valence-electron chi connectivity index (χ2n) is 45.4. The monoisotopic (exact) mass is 1460 g/mol. The summed E-state index contributed by atoms with van der Waals surface area (Å²) >= 11 is 6.17. The summed E-state index contributed by atoms with van der Waals surface area (Å²) in [7, 11) is 0. The first kappa shape index (κ1) is 79.2. The van der Waals surface area contributed by atoms with Crippen LogP contribution in [0.1, 0.15) is 292 Å². The maximum absolute atomic E-state index is 10.7. The molecular weight excluding hydrogens is 1300 g/mol. The molecule has 105 heavy (non-hydrogen) atoms. The number of hydrogen-bond acceptors (Lipinski definition) is 4. The number of fused-ring (bicyclic) bond motifs is 34. The number of esters is 1. The molecule has 0 amide bonds. The third-order valence-corrected chi connectivity index (χ3v) is 43.6. The van der Waals surface area contributed by atoms with Crippen molar-refractivity contribution in [2.24, 2.45) is 290 Å². The van der Waals surface area contributed by atoms with Crippen molar-refractivity contribution in [3.8, 4) is 6.07 Å². The first-order valence-electron chi connectivity index (χ1n) is 47.6. The molecule has 20 bridgehead atoms. The zero-order chi connectivity index (χ0) is 74.4. The molecule has 0 aromatic rings. The number of allylic oxidation sites excluding steroid dienone is 2. The Labute approximate surface area is 652 Å². The van der Waals surface area contributed by atoms with Gasteiger partial charge in [-0.3, -0.25) is 4.79 Å². The number of carbonyl (C=O) groups excluding carboxylic acids is 1. The minimum atomic E-state index is -0.131. The van der Waals surface area contributed by atoms with Crippen LogP contribution in [0.3, 0.4) is 0 Å². The summed E-state index contributed by atoms with van der Waals surface area (Å²) < 4.78 is 5.12. The summed E-state index contributed by atoms with van der Waals surface area (Å²) in [6, 6.07) is 2.45. The first-order chi connectivity index (χ1) is 50.2. The molecule has 594 valence electrons. The van der Waals surface area contributed by atoms with Gasteiger partial charge in [-0.2, -0.15) is 5.26 Å². The molecule has 50 atom stereocenters. The quantitative estimate of drug-likeness (QED) is 0.132. The summed E-state index contributed by atoms with van der Waals surface area (Å²) in [4.78, 5) is 10.7. The van der Waals surface area contributed by atoms with Gasteiger partial charge in [0.25, 0.3) is 0 Å². The molecule has 1 N–H and O–H groups in total. The molecule has 0 aromatic carbocycles. The van der Waals surface area contributed by atoms with Crippen LogP contribution in [0.2, 0.25) is 0 Å². The summed E-state index contributed by atoms with van der Waals surface area (Å²) in [6.45, 7) is 46.4. The van der Waals surface area contributed by atoms with Gasteiger partial charge < -0.3 is 9.84 Å². The molecule has 0 radical (unpaired) electrons. The number of aliphatic hydroxyl groups excluding tert-OH is 1. The molecule has 23 aliphatic rings. The van der Waals surface area contributed by atoms with E-state index in [0.29, 0.717) is 36.3 Å². The van der Waals surface area contributed by atoms with Gasteiger partial charge in [-0.05, 0) is 438 Å². The van der Waals surface area contributed by atoms with E-state index in [4.69, 9.17) is 26.7 Å². The number of alkyl halides is 1. The number of ether oxygens (including phenoxy) is 1. The van der Waals surface area contributed by atoms with Gasteiger partial charge in [0.15, 0.2) is 0 Å². The largest absolute Gasteiger partial charge is 0.466 e. The molecule has 22 fully saturated rings. The molecule has 0 saturated heterocycles. The Morgan fingerprint density at radius 3 is 1.23 bits per heavy atom. The third kappa shape index (κ3) is 14.3. The van der Waals surface area contributed by atoms with Crippen LogP contribution in [0.25, 0.3) is 0 Å². The van der Waals surface area contributed by atoms with Crippen LogP contribution in [0.15, 0.2) is 12.2 Å². The Hall–Kier alpha value is -1.05. The molecular formula is C100H164ClNO3. The van der Waals surface area contributed by atoms with E-state index in [-0.39, 0.29) is 5.97 Å². The predicted octanol–water partition coefficient (Wildman–Crippen LogP) is 25.7. The van der Waals surface area contributed by atoms with Crippen molar-refractivity contribution in [3.63, 3.8) is 0 Å². The normalized spacial score (nSPS) is 58.6. The third-order valence-electron chi connectivity index (χ3n) is 43.1. The van der Waals surface area contributed by atoms with Crippen molar-refractivity contribution in [1.82, 2.24) is 0 Å². The van der Waals surface area contributed by atoms with Gasteiger partial charge >= 0.3 is 5.97 Å². The lowest BCUT2D eigenvalue weighted by atomic mass is 9.64. The van der Waals surface area contributed by atoms with Crippen LogP contribution >= 0.6 is 11.6 Å². The van der Waals surface area contributed by atoms with Crippen LogP contribution < -0.4 is 0 Å². The Balaban J connectivity index is 0.0000000951. The SMILES string of the molecule is CC(=O)OCC1CC2CC1C(C)C2C.CC1C(C)C2CC1C1C3CCC(C3)C21.CC1C(C)C2CC1C1C=CCC12.CC1C(C)C2CC1C1CCCC21.CC1C2CC(C#N)C(C2)C1C.CC1C2CC(CO)C(C2)C1C.CC1C2CC(Cl)C(C2)C1C.CC1C2CCC(C2)C1C.CC1CC2C3CCC(C3)C2C1C. The molecule has 0 aromatic heterocycles. The number of nitrogens with zero attached hydrogens (tertiary/aromatic N) is 1. The van der Waals surface area contributed by atoms with Gasteiger partial charge in [0.1, 0.15) is 0 Å². The van der Waals surface area contributed by atoms with Gasteiger partial charge in [0.2, 0.25) is 0 Å². The number of carbonyl (C=O) groups is 1. The maximum Gasteiger partial charge on any atom is 0.302 e. The zero-order valence-electron chi connectivity index (χ0n) is 71.2. The molecule has 23 rings (SSSR count). The minimum absolute atomic E-state index is 0.131. The molecule has 0 heterocycles. The van der Waals surface area contributed by atoms with Crippen molar-refractivity contribution < 1.29 is 14.6 Å². The van der Waals surface area contributed by atoms with E-state index in [1.54, 1.807) is 89.9 Å². The van der Waals surface area contributed by atoms with E-state index < -0.39 is 0 Å².